The monoisotopic (exact) mass is 621 g/mol. The van der Waals surface area contributed by atoms with E-state index >= 15 is 0 Å². The van der Waals surface area contributed by atoms with Gasteiger partial charge in [0.1, 0.15) is 5.75 Å². The van der Waals surface area contributed by atoms with Gasteiger partial charge in [-0.15, -0.1) is 0 Å². The summed E-state index contributed by atoms with van der Waals surface area (Å²) in [6.07, 6.45) is 0.247. The molecule has 0 unspecified atom stereocenters. The summed E-state index contributed by atoms with van der Waals surface area (Å²) in [5.41, 5.74) is 3.16. The van der Waals surface area contributed by atoms with Gasteiger partial charge in [-0.05, 0) is 87.5 Å². The third-order valence-corrected chi connectivity index (χ3v) is 9.60. The molecule has 0 atom stereocenters. The average molecular weight is 622 g/mol. The number of pyridine rings is 1. The van der Waals surface area contributed by atoms with Crippen molar-refractivity contribution in [1.82, 2.24) is 4.98 Å². The SMILES string of the molecule is CCOC(=O)C1(C(=O)OCC)Cc2cc(-c3ccc(B4OC(C)(C)C(C)(C)O4)cc3)nc(-c3c(OC)ccc4ccccc34)c2C1. The second-order valence-corrected chi connectivity index (χ2v) is 12.9. The molecule has 2 heterocycles. The van der Waals surface area contributed by atoms with Gasteiger partial charge >= 0.3 is 19.1 Å². The van der Waals surface area contributed by atoms with Crippen molar-refractivity contribution in [3.63, 3.8) is 0 Å². The van der Waals surface area contributed by atoms with Gasteiger partial charge in [-0.2, -0.15) is 0 Å². The minimum atomic E-state index is -1.51. The van der Waals surface area contributed by atoms with Crippen molar-refractivity contribution in [2.24, 2.45) is 5.41 Å². The van der Waals surface area contributed by atoms with Gasteiger partial charge in [-0.3, -0.25) is 9.59 Å². The molecule has 0 radical (unpaired) electrons. The van der Waals surface area contributed by atoms with Gasteiger partial charge in [-0.25, -0.2) is 4.98 Å². The minimum Gasteiger partial charge on any atom is -0.496 e. The van der Waals surface area contributed by atoms with Gasteiger partial charge in [-0.1, -0.05) is 54.6 Å². The molecule has 0 spiro atoms. The molecule has 0 bridgehead atoms. The van der Waals surface area contributed by atoms with E-state index in [1.165, 1.54) is 0 Å². The van der Waals surface area contributed by atoms with Gasteiger partial charge in [0.15, 0.2) is 5.41 Å². The Morgan fingerprint density at radius 3 is 2.09 bits per heavy atom. The molecule has 46 heavy (non-hydrogen) atoms. The second kappa shape index (κ2) is 11.9. The first-order valence-corrected chi connectivity index (χ1v) is 15.8. The molecule has 1 fully saturated rings. The molecule has 9 heteroatoms. The summed E-state index contributed by atoms with van der Waals surface area (Å²) in [6.45, 7) is 11.9. The predicted octanol–water partition coefficient (Wildman–Crippen LogP) is 6.09. The van der Waals surface area contributed by atoms with Crippen LogP contribution in [0.3, 0.4) is 0 Å². The van der Waals surface area contributed by atoms with E-state index < -0.39 is 35.7 Å². The van der Waals surface area contributed by atoms with E-state index in [1.54, 1.807) is 21.0 Å². The Labute approximate surface area is 270 Å². The van der Waals surface area contributed by atoms with Crippen LogP contribution in [-0.4, -0.2) is 55.6 Å². The van der Waals surface area contributed by atoms with E-state index in [0.717, 1.165) is 38.5 Å². The molecule has 3 aromatic carbocycles. The van der Waals surface area contributed by atoms with Crippen LogP contribution in [0.15, 0.2) is 66.7 Å². The number of carbonyl (C=O) groups excluding carboxylic acids is 2. The largest absolute Gasteiger partial charge is 0.496 e. The molecule has 0 saturated carbocycles. The lowest BCUT2D eigenvalue weighted by Gasteiger charge is -2.32. The van der Waals surface area contributed by atoms with Crippen LogP contribution in [0.2, 0.25) is 0 Å². The lowest BCUT2D eigenvalue weighted by Crippen LogP contribution is -2.43. The highest BCUT2D eigenvalue weighted by atomic mass is 16.7. The molecule has 0 N–H and O–H groups in total. The standard InChI is InChI=1S/C37H40BNO7/c1-8-43-33(40)37(34(41)44-9-2)21-25-20-29(24-14-17-26(18-15-24)38-45-35(3,4)36(5,6)46-38)39-32(28(25)22-37)31-27-13-11-10-12-23(27)16-19-30(31)42-7/h10-20H,8-9,21-22H2,1-7H3. The van der Waals surface area contributed by atoms with Gasteiger partial charge in [0.2, 0.25) is 0 Å². The zero-order valence-electron chi connectivity index (χ0n) is 27.6. The van der Waals surface area contributed by atoms with Crippen molar-refractivity contribution in [1.29, 1.82) is 0 Å². The number of methoxy groups -OCH3 is 1. The third kappa shape index (κ3) is 5.25. The van der Waals surface area contributed by atoms with Crippen LogP contribution < -0.4 is 10.2 Å². The average Bonchev–Trinajstić information content (AvgIpc) is 3.54. The number of carbonyl (C=O) groups is 2. The lowest BCUT2D eigenvalue weighted by atomic mass is 9.78. The first kappa shape index (κ1) is 31.8. The van der Waals surface area contributed by atoms with Crippen LogP contribution in [0, 0.1) is 5.41 Å². The molecule has 0 amide bonds. The van der Waals surface area contributed by atoms with Crippen LogP contribution in [-0.2, 0) is 41.2 Å². The first-order chi connectivity index (χ1) is 21.9. The summed E-state index contributed by atoms with van der Waals surface area (Å²) < 4.78 is 29.4. The summed E-state index contributed by atoms with van der Waals surface area (Å²) >= 11 is 0. The number of nitrogens with zero attached hydrogens (tertiary/aromatic N) is 1. The molecule has 6 rings (SSSR count). The molecule has 4 aromatic rings. The topological polar surface area (TPSA) is 93.2 Å². The Kier molecular flexibility index (Phi) is 8.19. The molecular weight excluding hydrogens is 581 g/mol. The number of aromatic nitrogens is 1. The summed E-state index contributed by atoms with van der Waals surface area (Å²) in [4.78, 5) is 32.4. The van der Waals surface area contributed by atoms with Crippen LogP contribution >= 0.6 is 0 Å². The van der Waals surface area contributed by atoms with Crippen molar-refractivity contribution >= 4 is 35.3 Å². The molecule has 1 saturated heterocycles. The van der Waals surface area contributed by atoms with Crippen molar-refractivity contribution in [3.05, 3.63) is 77.9 Å². The molecular formula is C37H40BNO7. The van der Waals surface area contributed by atoms with Crippen molar-refractivity contribution < 1.29 is 33.1 Å². The Balaban J connectivity index is 1.52. The number of rotatable bonds is 8. The van der Waals surface area contributed by atoms with Crippen LogP contribution in [0.1, 0.15) is 52.7 Å². The third-order valence-electron chi connectivity index (χ3n) is 9.60. The molecule has 2 aliphatic rings. The van der Waals surface area contributed by atoms with Crippen LogP contribution in [0.25, 0.3) is 33.3 Å². The smallest absolute Gasteiger partial charge is 0.494 e. The fourth-order valence-corrected chi connectivity index (χ4v) is 6.39. The molecule has 238 valence electrons. The predicted molar refractivity (Wildman–Crippen MR) is 178 cm³/mol. The maximum absolute atomic E-state index is 13.6. The van der Waals surface area contributed by atoms with E-state index in [-0.39, 0.29) is 26.1 Å². The number of esters is 2. The highest BCUT2D eigenvalue weighted by Crippen LogP contribution is 2.47. The van der Waals surface area contributed by atoms with Crippen LogP contribution in [0.5, 0.6) is 5.75 Å². The van der Waals surface area contributed by atoms with E-state index in [9.17, 15) is 9.59 Å². The van der Waals surface area contributed by atoms with Crippen molar-refractivity contribution in [2.75, 3.05) is 20.3 Å². The zero-order valence-corrected chi connectivity index (χ0v) is 27.6. The summed E-state index contributed by atoms with van der Waals surface area (Å²) in [5, 5.41) is 1.97. The number of benzene rings is 3. The number of ether oxygens (including phenoxy) is 3. The Hall–Kier alpha value is -4.21. The highest BCUT2D eigenvalue weighted by Gasteiger charge is 2.54. The molecule has 1 aliphatic carbocycles. The maximum atomic E-state index is 13.6. The van der Waals surface area contributed by atoms with E-state index in [4.69, 9.17) is 28.5 Å². The van der Waals surface area contributed by atoms with Gasteiger partial charge < -0.3 is 23.5 Å². The summed E-state index contributed by atoms with van der Waals surface area (Å²) in [6, 6.07) is 21.9. The first-order valence-electron chi connectivity index (χ1n) is 15.8. The normalized spacial score (nSPS) is 17.5. The van der Waals surface area contributed by atoms with Crippen molar-refractivity contribution in [3.8, 4) is 28.3 Å². The summed E-state index contributed by atoms with van der Waals surface area (Å²) in [5.74, 6) is -0.533. The molecule has 8 nitrogen and oxygen atoms in total. The number of hydrogen-bond donors (Lipinski definition) is 0. The van der Waals surface area contributed by atoms with Gasteiger partial charge in [0.25, 0.3) is 0 Å². The zero-order chi connectivity index (χ0) is 32.9. The van der Waals surface area contributed by atoms with Gasteiger partial charge in [0.05, 0.1) is 48.5 Å². The molecule has 1 aliphatic heterocycles. The fourth-order valence-electron chi connectivity index (χ4n) is 6.39. The Morgan fingerprint density at radius 2 is 1.48 bits per heavy atom. The molecule has 1 aromatic heterocycles. The van der Waals surface area contributed by atoms with E-state index in [2.05, 4.69) is 0 Å². The highest BCUT2D eigenvalue weighted by molar-refractivity contribution is 6.62. The second-order valence-electron chi connectivity index (χ2n) is 12.9. The quantitative estimate of drug-likeness (QED) is 0.133. The number of hydrogen-bond acceptors (Lipinski definition) is 8. The fraction of sp³-hybridized carbons (Fsp3) is 0.378. The van der Waals surface area contributed by atoms with E-state index in [1.807, 2.05) is 94.4 Å². The Bertz CT molecular complexity index is 1780. The van der Waals surface area contributed by atoms with Crippen LogP contribution in [0.4, 0.5) is 0 Å². The minimum absolute atomic E-state index is 0.107. The lowest BCUT2D eigenvalue weighted by molar-refractivity contribution is -0.171. The maximum Gasteiger partial charge on any atom is 0.494 e. The Morgan fingerprint density at radius 1 is 0.848 bits per heavy atom. The van der Waals surface area contributed by atoms with Gasteiger partial charge in [0, 0.05) is 12.0 Å². The summed E-state index contributed by atoms with van der Waals surface area (Å²) in [7, 11) is 1.14. The van der Waals surface area contributed by atoms with Crippen molar-refractivity contribution in [2.45, 2.75) is 65.6 Å². The van der Waals surface area contributed by atoms with E-state index in [0.29, 0.717) is 17.1 Å². The number of fused-ring (bicyclic) bond motifs is 2.